The van der Waals surface area contributed by atoms with E-state index in [0.29, 0.717) is 5.56 Å². The van der Waals surface area contributed by atoms with Crippen molar-refractivity contribution in [2.45, 2.75) is 26.1 Å². The zero-order valence-corrected chi connectivity index (χ0v) is 14.5. The Morgan fingerprint density at radius 1 is 1.04 bits per heavy atom. The number of alkyl halides is 3. The van der Waals surface area contributed by atoms with Crippen molar-refractivity contribution in [2.24, 2.45) is 0 Å². The van der Waals surface area contributed by atoms with E-state index in [9.17, 15) is 27.2 Å². The van der Waals surface area contributed by atoms with E-state index in [1.54, 1.807) is 0 Å². The lowest BCUT2D eigenvalue weighted by molar-refractivity contribution is -0.137. The number of carbonyl (C=O) groups excluding carboxylic acids is 2. The van der Waals surface area contributed by atoms with Crippen molar-refractivity contribution in [3.8, 4) is 0 Å². The van der Waals surface area contributed by atoms with E-state index in [0.717, 1.165) is 6.07 Å². The number of benzene rings is 2. The van der Waals surface area contributed by atoms with Gasteiger partial charge < -0.3 is 10.2 Å². The van der Waals surface area contributed by atoms with Crippen molar-refractivity contribution < 1.29 is 27.2 Å². The highest BCUT2D eigenvalue weighted by Gasteiger charge is 2.33. The molecule has 0 atom stereocenters. The van der Waals surface area contributed by atoms with Gasteiger partial charge in [0.2, 0.25) is 11.8 Å². The number of nitrogens with one attached hydrogen (secondary N) is 1. The summed E-state index contributed by atoms with van der Waals surface area (Å²) in [6.07, 6.45) is -4.76. The first-order valence-electron chi connectivity index (χ1n) is 8.13. The number of para-hydroxylation sites is 1. The lowest BCUT2D eigenvalue weighted by Crippen LogP contribution is -2.31. The first-order valence-corrected chi connectivity index (χ1v) is 8.13. The Kier molecular flexibility index (Phi) is 6.55. The molecule has 0 aliphatic rings. The molecule has 0 spiro atoms. The fraction of sp³-hybridized carbons (Fsp3) is 0.263. The molecule has 2 aromatic rings. The van der Waals surface area contributed by atoms with E-state index in [1.807, 2.05) is 0 Å². The van der Waals surface area contributed by atoms with Crippen LogP contribution in [-0.4, -0.2) is 23.3 Å². The monoisotopic (exact) mass is 382 g/mol. The third kappa shape index (κ3) is 6.09. The minimum atomic E-state index is -4.59. The van der Waals surface area contributed by atoms with Crippen LogP contribution in [0.5, 0.6) is 0 Å². The van der Waals surface area contributed by atoms with Crippen LogP contribution in [0.25, 0.3) is 0 Å². The summed E-state index contributed by atoms with van der Waals surface area (Å²) in [7, 11) is 0. The standard InChI is InChI=1S/C19H18F4N2O2/c1-13(26)25(12-14-6-8-15(20)9-7-14)11-10-18(27)24-17-5-3-2-4-16(17)19(21,22)23/h2-9H,10-12H2,1H3,(H,24,27). The van der Waals surface area contributed by atoms with Gasteiger partial charge in [0, 0.05) is 26.4 Å². The minimum absolute atomic E-state index is 0.0206. The van der Waals surface area contributed by atoms with Crippen LogP contribution in [0.2, 0.25) is 0 Å². The predicted octanol–water partition coefficient (Wildman–Crippen LogP) is 4.22. The van der Waals surface area contributed by atoms with Gasteiger partial charge in [0.05, 0.1) is 11.3 Å². The van der Waals surface area contributed by atoms with Crippen molar-refractivity contribution in [1.29, 1.82) is 0 Å². The molecular formula is C19H18F4N2O2. The molecular weight excluding hydrogens is 364 g/mol. The summed E-state index contributed by atoms with van der Waals surface area (Å²) in [6.45, 7) is 1.51. The summed E-state index contributed by atoms with van der Waals surface area (Å²) in [5.74, 6) is -1.35. The fourth-order valence-corrected chi connectivity index (χ4v) is 2.45. The number of hydrogen-bond acceptors (Lipinski definition) is 2. The lowest BCUT2D eigenvalue weighted by atomic mass is 10.1. The Morgan fingerprint density at radius 2 is 1.67 bits per heavy atom. The minimum Gasteiger partial charge on any atom is -0.338 e. The molecule has 0 heterocycles. The topological polar surface area (TPSA) is 49.4 Å². The summed E-state index contributed by atoms with van der Waals surface area (Å²) in [5.41, 5.74) is -0.592. The quantitative estimate of drug-likeness (QED) is 0.761. The Hall–Kier alpha value is -2.90. The Bertz CT molecular complexity index is 804. The molecule has 0 unspecified atom stereocenters. The van der Waals surface area contributed by atoms with Crippen molar-refractivity contribution in [2.75, 3.05) is 11.9 Å². The fourth-order valence-electron chi connectivity index (χ4n) is 2.45. The van der Waals surface area contributed by atoms with Crippen molar-refractivity contribution >= 4 is 17.5 Å². The maximum atomic E-state index is 13.0. The van der Waals surface area contributed by atoms with Gasteiger partial charge in [-0.15, -0.1) is 0 Å². The molecule has 0 saturated heterocycles. The van der Waals surface area contributed by atoms with Crippen LogP contribution >= 0.6 is 0 Å². The molecule has 8 heteroatoms. The smallest absolute Gasteiger partial charge is 0.338 e. The van der Waals surface area contributed by atoms with Crippen LogP contribution in [0.3, 0.4) is 0 Å². The van der Waals surface area contributed by atoms with Gasteiger partial charge in [0.1, 0.15) is 5.82 Å². The van der Waals surface area contributed by atoms with Crippen LogP contribution in [0.4, 0.5) is 23.2 Å². The number of amides is 2. The third-order valence-corrected chi connectivity index (χ3v) is 3.85. The molecule has 0 bridgehead atoms. The number of rotatable bonds is 6. The molecule has 0 radical (unpaired) electrons. The molecule has 0 aliphatic heterocycles. The Balaban J connectivity index is 1.98. The van der Waals surface area contributed by atoms with Crippen LogP contribution in [0.1, 0.15) is 24.5 Å². The zero-order valence-electron chi connectivity index (χ0n) is 14.5. The van der Waals surface area contributed by atoms with Gasteiger partial charge in [-0.1, -0.05) is 24.3 Å². The van der Waals surface area contributed by atoms with E-state index < -0.39 is 23.5 Å². The molecule has 2 rings (SSSR count). The van der Waals surface area contributed by atoms with Gasteiger partial charge in [0.25, 0.3) is 0 Å². The zero-order chi connectivity index (χ0) is 20.0. The summed E-state index contributed by atoms with van der Waals surface area (Å²) in [5, 5.41) is 2.24. The second-order valence-corrected chi connectivity index (χ2v) is 5.91. The van der Waals surface area contributed by atoms with Crippen LogP contribution in [0, 0.1) is 5.82 Å². The maximum Gasteiger partial charge on any atom is 0.418 e. The highest BCUT2D eigenvalue weighted by molar-refractivity contribution is 5.92. The van der Waals surface area contributed by atoms with Crippen LogP contribution in [-0.2, 0) is 22.3 Å². The number of carbonyl (C=O) groups is 2. The SMILES string of the molecule is CC(=O)N(CCC(=O)Nc1ccccc1C(F)(F)F)Cc1ccc(F)cc1. The van der Waals surface area contributed by atoms with Gasteiger partial charge in [-0.2, -0.15) is 13.2 Å². The molecule has 0 aromatic heterocycles. The Morgan fingerprint density at radius 3 is 2.26 bits per heavy atom. The van der Waals surface area contributed by atoms with Crippen molar-refractivity contribution in [3.05, 3.63) is 65.5 Å². The predicted molar refractivity (Wildman–Crippen MR) is 92.2 cm³/mol. The van der Waals surface area contributed by atoms with Crippen molar-refractivity contribution in [1.82, 2.24) is 4.90 Å². The molecule has 2 amide bonds. The highest BCUT2D eigenvalue weighted by atomic mass is 19.4. The third-order valence-electron chi connectivity index (χ3n) is 3.85. The molecule has 0 fully saturated rings. The van der Waals surface area contributed by atoms with Gasteiger partial charge in [-0.25, -0.2) is 4.39 Å². The van der Waals surface area contributed by atoms with E-state index in [-0.39, 0.29) is 31.1 Å². The number of anilines is 1. The van der Waals surface area contributed by atoms with Crippen molar-refractivity contribution in [3.63, 3.8) is 0 Å². The van der Waals surface area contributed by atoms with Gasteiger partial charge in [0.15, 0.2) is 0 Å². The van der Waals surface area contributed by atoms with Crippen LogP contribution < -0.4 is 5.32 Å². The van der Waals surface area contributed by atoms with E-state index in [1.165, 1.54) is 54.3 Å². The summed E-state index contributed by atoms with van der Waals surface area (Å²) < 4.78 is 51.8. The maximum absolute atomic E-state index is 13.0. The highest BCUT2D eigenvalue weighted by Crippen LogP contribution is 2.34. The summed E-state index contributed by atoms with van der Waals surface area (Å²) >= 11 is 0. The van der Waals surface area contributed by atoms with Crippen LogP contribution in [0.15, 0.2) is 48.5 Å². The molecule has 1 N–H and O–H groups in total. The second kappa shape index (κ2) is 8.66. The normalized spacial score (nSPS) is 11.1. The van der Waals surface area contributed by atoms with Gasteiger partial charge in [-0.05, 0) is 29.8 Å². The first-order chi connectivity index (χ1) is 12.7. The molecule has 0 saturated carbocycles. The summed E-state index contributed by atoms with van der Waals surface area (Å²) in [6, 6.07) is 10.2. The first kappa shape index (κ1) is 20.4. The molecule has 2 aromatic carbocycles. The van der Waals surface area contributed by atoms with Gasteiger partial charge in [-0.3, -0.25) is 9.59 Å². The molecule has 4 nitrogen and oxygen atoms in total. The number of nitrogens with zero attached hydrogens (tertiary/aromatic N) is 1. The van der Waals surface area contributed by atoms with E-state index in [4.69, 9.17) is 0 Å². The lowest BCUT2D eigenvalue weighted by Gasteiger charge is -2.21. The number of hydrogen-bond donors (Lipinski definition) is 1. The van der Waals surface area contributed by atoms with E-state index >= 15 is 0 Å². The second-order valence-electron chi connectivity index (χ2n) is 5.91. The Labute approximate surface area is 153 Å². The molecule has 144 valence electrons. The average molecular weight is 382 g/mol. The number of halogens is 4. The van der Waals surface area contributed by atoms with E-state index in [2.05, 4.69) is 5.32 Å². The average Bonchev–Trinajstić information content (AvgIpc) is 2.59. The molecule has 27 heavy (non-hydrogen) atoms. The summed E-state index contributed by atoms with van der Waals surface area (Å²) in [4.78, 5) is 25.2. The van der Waals surface area contributed by atoms with Gasteiger partial charge >= 0.3 is 6.18 Å². The molecule has 0 aliphatic carbocycles. The largest absolute Gasteiger partial charge is 0.418 e.